The fourth-order valence-electron chi connectivity index (χ4n) is 2.87. The maximum absolute atomic E-state index is 12.6. The second-order valence-electron chi connectivity index (χ2n) is 6.09. The quantitative estimate of drug-likeness (QED) is 0.425. The van der Waals surface area contributed by atoms with Crippen LogP contribution in [0.15, 0.2) is 35.4 Å². The maximum Gasteiger partial charge on any atom is 0.283 e. The molecule has 0 aliphatic carbocycles. The lowest BCUT2D eigenvalue weighted by Gasteiger charge is -2.12. The molecule has 1 heterocycles. The molecule has 0 unspecified atom stereocenters. The van der Waals surface area contributed by atoms with Gasteiger partial charge in [0.15, 0.2) is 11.5 Å². The lowest BCUT2D eigenvalue weighted by atomic mass is 10.1. The Balaban J connectivity index is 1.81. The molecular formula is C21H21ClN2O4S. The van der Waals surface area contributed by atoms with Crippen LogP contribution in [0.2, 0.25) is 5.02 Å². The molecule has 0 spiro atoms. The van der Waals surface area contributed by atoms with Crippen molar-refractivity contribution in [2.75, 3.05) is 21.3 Å². The van der Waals surface area contributed by atoms with E-state index in [1.54, 1.807) is 12.1 Å². The third-order valence-electron chi connectivity index (χ3n) is 4.38. The van der Waals surface area contributed by atoms with Gasteiger partial charge in [-0.2, -0.15) is 5.10 Å². The van der Waals surface area contributed by atoms with Crippen molar-refractivity contribution < 1.29 is 19.0 Å². The van der Waals surface area contributed by atoms with Crippen molar-refractivity contribution in [3.8, 4) is 17.2 Å². The summed E-state index contributed by atoms with van der Waals surface area (Å²) in [5.41, 5.74) is 4.40. The van der Waals surface area contributed by atoms with Crippen molar-refractivity contribution in [3.63, 3.8) is 0 Å². The molecule has 2 aromatic carbocycles. The average molecular weight is 433 g/mol. The highest BCUT2D eigenvalue weighted by Crippen LogP contribution is 2.38. The molecule has 0 atom stereocenters. The van der Waals surface area contributed by atoms with Crippen LogP contribution in [0.4, 0.5) is 0 Å². The van der Waals surface area contributed by atoms with Crippen molar-refractivity contribution in [1.82, 2.24) is 5.43 Å². The molecule has 0 fully saturated rings. The zero-order valence-electron chi connectivity index (χ0n) is 16.5. The predicted octanol–water partition coefficient (Wildman–Crippen LogP) is 4.91. The van der Waals surface area contributed by atoms with E-state index in [4.69, 9.17) is 25.8 Å². The van der Waals surface area contributed by atoms with Crippen LogP contribution in [0.5, 0.6) is 17.2 Å². The third-order valence-corrected chi connectivity index (χ3v) is 6.03. The number of hydrogen-bond acceptors (Lipinski definition) is 6. The van der Waals surface area contributed by atoms with E-state index < -0.39 is 0 Å². The van der Waals surface area contributed by atoms with Gasteiger partial charge in [0.2, 0.25) is 5.75 Å². The van der Waals surface area contributed by atoms with Gasteiger partial charge in [0.25, 0.3) is 5.91 Å². The third kappa shape index (κ3) is 4.31. The summed E-state index contributed by atoms with van der Waals surface area (Å²) in [5, 5.41) is 5.35. The Morgan fingerprint density at radius 3 is 2.41 bits per heavy atom. The fraction of sp³-hybridized carbons (Fsp3) is 0.238. The number of ether oxygens (including phenoxy) is 3. The van der Waals surface area contributed by atoms with Gasteiger partial charge in [0.05, 0.1) is 32.6 Å². The Morgan fingerprint density at radius 1 is 1.14 bits per heavy atom. The van der Waals surface area contributed by atoms with Gasteiger partial charge in [-0.05, 0) is 30.2 Å². The second kappa shape index (κ2) is 9.15. The van der Waals surface area contributed by atoms with Crippen molar-refractivity contribution in [1.29, 1.82) is 0 Å². The number of benzene rings is 2. The predicted molar refractivity (Wildman–Crippen MR) is 117 cm³/mol. The largest absolute Gasteiger partial charge is 0.493 e. The molecule has 1 N–H and O–H groups in total. The highest BCUT2D eigenvalue weighted by molar-refractivity contribution is 7.21. The molecule has 0 aliphatic heterocycles. The minimum absolute atomic E-state index is 0.363. The molecule has 0 saturated heterocycles. The number of carbonyl (C=O) groups is 1. The van der Waals surface area contributed by atoms with E-state index in [1.807, 2.05) is 12.1 Å². The van der Waals surface area contributed by atoms with Crippen molar-refractivity contribution in [2.24, 2.45) is 5.10 Å². The van der Waals surface area contributed by atoms with Gasteiger partial charge in [0.1, 0.15) is 4.88 Å². The Hall–Kier alpha value is -2.77. The number of hydrazone groups is 1. The van der Waals surface area contributed by atoms with Crippen LogP contribution in [0.3, 0.4) is 0 Å². The number of carbonyl (C=O) groups excluding carboxylic acids is 1. The van der Waals surface area contributed by atoms with E-state index in [-0.39, 0.29) is 5.91 Å². The molecule has 3 aromatic rings. The van der Waals surface area contributed by atoms with E-state index in [0.29, 0.717) is 32.7 Å². The van der Waals surface area contributed by atoms with Gasteiger partial charge in [-0.25, -0.2) is 5.43 Å². The number of amides is 1. The van der Waals surface area contributed by atoms with Gasteiger partial charge in [-0.3, -0.25) is 4.79 Å². The number of halogens is 1. The monoisotopic (exact) mass is 432 g/mol. The fourth-order valence-corrected chi connectivity index (χ4v) is 4.34. The Morgan fingerprint density at radius 2 is 1.83 bits per heavy atom. The Kier molecular flexibility index (Phi) is 6.61. The lowest BCUT2D eigenvalue weighted by molar-refractivity contribution is 0.0959. The summed E-state index contributed by atoms with van der Waals surface area (Å²) in [6.45, 7) is 2.09. The average Bonchev–Trinajstić information content (AvgIpc) is 3.08. The highest BCUT2D eigenvalue weighted by atomic mass is 35.5. The molecule has 29 heavy (non-hydrogen) atoms. The first-order valence-electron chi connectivity index (χ1n) is 8.86. The molecule has 152 valence electrons. The number of methoxy groups -OCH3 is 3. The van der Waals surface area contributed by atoms with E-state index >= 15 is 0 Å². The van der Waals surface area contributed by atoms with E-state index in [1.165, 1.54) is 44.4 Å². The van der Waals surface area contributed by atoms with Crippen LogP contribution in [-0.4, -0.2) is 33.5 Å². The molecule has 8 heteroatoms. The van der Waals surface area contributed by atoms with E-state index in [9.17, 15) is 4.79 Å². The van der Waals surface area contributed by atoms with Gasteiger partial charge >= 0.3 is 0 Å². The molecule has 1 aromatic heterocycles. The number of nitrogens with one attached hydrogen (secondary N) is 1. The van der Waals surface area contributed by atoms with Crippen LogP contribution >= 0.6 is 22.9 Å². The van der Waals surface area contributed by atoms with E-state index in [2.05, 4.69) is 23.5 Å². The first-order valence-corrected chi connectivity index (χ1v) is 10.1. The molecule has 6 nitrogen and oxygen atoms in total. The Bertz CT molecular complexity index is 1050. The van der Waals surface area contributed by atoms with E-state index in [0.717, 1.165) is 16.5 Å². The van der Waals surface area contributed by atoms with Crippen LogP contribution in [-0.2, 0) is 6.42 Å². The molecular weight excluding hydrogens is 412 g/mol. The Labute approximate surface area is 178 Å². The maximum atomic E-state index is 12.6. The first kappa shape index (κ1) is 21.0. The molecule has 3 rings (SSSR count). The first-order chi connectivity index (χ1) is 14.0. The van der Waals surface area contributed by atoms with Gasteiger partial charge in [-0.15, -0.1) is 11.3 Å². The number of thiophene rings is 1. The van der Waals surface area contributed by atoms with Crippen molar-refractivity contribution in [3.05, 3.63) is 51.4 Å². The zero-order valence-corrected chi connectivity index (χ0v) is 18.1. The van der Waals surface area contributed by atoms with Crippen molar-refractivity contribution >= 4 is 45.1 Å². The number of rotatable bonds is 7. The van der Waals surface area contributed by atoms with Crippen LogP contribution < -0.4 is 19.6 Å². The molecule has 1 amide bonds. The lowest BCUT2D eigenvalue weighted by Crippen LogP contribution is -2.16. The minimum Gasteiger partial charge on any atom is -0.493 e. The zero-order chi connectivity index (χ0) is 21.0. The smallest absolute Gasteiger partial charge is 0.283 e. The van der Waals surface area contributed by atoms with Crippen LogP contribution in [0.1, 0.15) is 27.7 Å². The summed E-state index contributed by atoms with van der Waals surface area (Å²) >= 11 is 7.76. The minimum atomic E-state index is -0.363. The summed E-state index contributed by atoms with van der Waals surface area (Å²) in [5.74, 6) is 1.12. The topological polar surface area (TPSA) is 69.2 Å². The summed E-state index contributed by atoms with van der Waals surface area (Å²) < 4.78 is 16.9. The highest BCUT2D eigenvalue weighted by Gasteiger charge is 2.17. The summed E-state index contributed by atoms with van der Waals surface area (Å²) in [4.78, 5) is 13.0. The van der Waals surface area contributed by atoms with Crippen LogP contribution in [0.25, 0.3) is 10.1 Å². The number of fused-ring (bicyclic) bond motifs is 1. The molecule has 0 saturated carbocycles. The number of hydrogen-bond donors (Lipinski definition) is 1. The molecule has 0 bridgehead atoms. The summed E-state index contributed by atoms with van der Waals surface area (Å²) in [7, 11) is 4.60. The SMILES string of the molecule is CCc1ccc2c(Cl)c(C(=O)N/N=C\c3cc(OC)c(OC)c(OC)c3)sc2c1. The van der Waals surface area contributed by atoms with Crippen molar-refractivity contribution in [2.45, 2.75) is 13.3 Å². The van der Waals surface area contributed by atoms with Gasteiger partial charge < -0.3 is 14.2 Å². The standard InChI is InChI=1S/C21H21ClN2O4S/c1-5-12-6-7-14-17(10-12)29-20(18(14)22)21(25)24-23-11-13-8-15(26-2)19(28-4)16(9-13)27-3/h6-11H,5H2,1-4H3,(H,24,25)/b23-11-. The number of nitrogens with zero attached hydrogens (tertiary/aromatic N) is 1. The summed E-state index contributed by atoms with van der Waals surface area (Å²) in [6, 6.07) is 9.49. The normalized spacial score (nSPS) is 11.1. The van der Waals surface area contributed by atoms with Crippen LogP contribution in [0, 0.1) is 0 Å². The molecule has 0 aliphatic rings. The summed E-state index contributed by atoms with van der Waals surface area (Å²) in [6.07, 6.45) is 2.42. The molecule has 0 radical (unpaired) electrons. The van der Waals surface area contributed by atoms with Gasteiger partial charge in [0, 0.05) is 15.6 Å². The van der Waals surface area contributed by atoms with Gasteiger partial charge in [-0.1, -0.05) is 30.7 Å². The number of aryl methyl sites for hydroxylation is 1. The second-order valence-corrected chi connectivity index (χ2v) is 7.52.